The summed E-state index contributed by atoms with van der Waals surface area (Å²) in [6.07, 6.45) is 3.84. The maximum atomic E-state index is 12.4. The number of piperidine rings is 1. The molecule has 2 atom stereocenters. The molecule has 1 amide bonds. The Kier molecular flexibility index (Phi) is 6.99. The molecule has 0 unspecified atom stereocenters. The zero-order valence-electron chi connectivity index (χ0n) is 17.1. The second-order valence-electron chi connectivity index (χ2n) is 8.46. The zero-order valence-corrected chi connectivity index (χ0v) is 17.9. The highest BCUT2D eigenvalue weighted by Crippen LogP contribution is 2.24. The third-order valence-corrected chi connectivity index (χ3v) is 7.52. The molecule has 6 nitrogen and oxygen atoms in total. The van der Waals surface area contributed by atoms with Gasteiger partial charge in [-0.05, 0) is 68.3 Å². The van der Waals surface area contributed by atoms with Crippen LogP contribution in [-0.2, 0) is 10.0 Å². The van der Waals surface area contributed by atoms with Crippen molar-refractivity contribution in [2.45, 2.75) is 39.5 Å². The van der Waals surface area contributed by atoms with Gasteiger partial charge in [0.05, 0.1) is 11.4 Å². The number of sulfonamides is 1. The van der Waals surface area contributed by atoms with E-state index in [4.69, 9.17) is 0 Å². The van der Waals surface area contributed by atoms with Crippen LogP contribution >= 0.6 is 0 Å². The molecule has 1 aromatic rings. The molecular weight excluding hydrogens is 374 g/mol. The summed E-state index contributed by atoms with van der Waals surface area (Å²) < 4.78 is 25.8. The highest BCUT2D eigenvalue weighted by molar-refractivity contribution is 7.92. The number of hydrogen-bond donors (Lipinski definition) is 1. The van der Waals surface area contributed by atoms with E-state index in [1.807, 2.05) is 0 Å². The summed E-state index contributed by atoms with van der Waals surface area (Å²) in [5.74, 6) is 1.60. The van der Waals surface area contributed by atoms with Crippen LogP contribution < -0.4 is 9.62 Å². The number of hydrogen-bond acceptors (Lipinski definition) is 4. The Bertz CT molecular complexity index is 754. The van der Waals surface area contributed by atoms with Gasteiger partial charge >= 0.3 is 0 Å². The molecule has 1 aromatic carbocycles. The van der Waals surface area contributed by atoms with Crippen LogP contribution in [0.1, 0.15) is 49.9 Å². The van der Waals surface area contributed by atoms with Crippen LogP contribution in [0.15, 0.2) is 24.3 Å². The molecule has 2 aliphatic rings. The lowest BCUT2D eigenvalue weighted by Crippen LogP contribution is -2.40. The SMILES string of the molecule is C[C@@H]1C[C@H](C)CN(CCCNC(=O)c2ccc(N3CCCCS3(=O)=O)cc2)C1. The molecule has 3 rings (SSSR count). The van der Waals surface area contributed by atoms with Crippen LogP contribution in [0.25, 0.3) is 0 Å². The monoisotopic (exact) mass is 407 g/mol. The van der Waals surface area contributed by atoms with E-state index in [0.29, 0.717) is 30.8 Å². The highest BCUT2D eigenvalue weighted by Gasteiger charge is 2.26. The number of nitrogens with one attached hydrogen (secondary N) is 1. The average molecular weight is 408 g/mol. The van der Waals surface area contributed by atoms with Crippen molar-refractivity contribution >= 4 is 21.6 Å². The highest BCUT2D eigenvalue weighted by atomic mass is 32.2. The Labute approximate surface area is 169 Å². The summed E-state index contributed by atoms with van der Waals surface area (Å²) in [6.45, 7) is 9.10. The van der Waals surface area contributed by atoms with Gasteiger partial charge in [0.15, 0.2) is 0 Å². The van der Waals surface area contributed by atoms with E-state index in [1.54, 1.807) is 24.3 Å². The first-order chi connectivity index (χ1) is 13.3. The molecule has 1 N–H and O–H groups in total. The Balaban J connectivity index is 1.46. The lowest BCUT2D eigenvalue weighted by atomic mass is 9.92. The van der Waals surface area contributed by atoms with Crippen molar-refractivity contribution in [2.24, 2.45) is 11.8 Å². The van der Waals surface area contributed by atoms with Crippen molar-refractivity contribution in [2.75, 3.05) is 42.8 Å². The van der Waals surface area contributed by atoms with Gasteiger partial charge < -0.3 is 10.2 Å². The fraction of sp³-hybridized carbons (Fsp3) is 0.667. The standard InChI is InChI=1S/C21H33N3O3S/c1-17-14-18(2)16-23(15-17)11-5-10-22-21(25)19-6-8-20(9-7-19)24-12-3-4-13-28(24,26)27/h6-9,17-18H,3-5,10-16H2,1-2H3,(H,22,25)/t17-,18+. The van der Waals surface area contributed by atoms with Gasteiger partial charge in [-0.25, -0.2) is 8.42 Å². The van der Waals surface area contributed by atoms with Crippen LogP contribution in [0.3, 0.4) is 0 Å². The lowest BCUT2D eigenvalue weighted by molar-refractivity contribution is 0.0947. The third kappa shape index (κ3) is 5.47. The lowest BCUT2D eigenvalue weighted by Gasteiger charge is -2.34. The fourth-order valence-corrected chi connectivity index (χ4v) is 6.08. The number of carbonyl (C=O) groups excluding carboxylic acids is 1. The predicted octanol–water partition coefficient (Wildman–Crippen LogP) is 2.71. The molecule has 0 saturated carbocycles. The molecule has 0 aliphatic carbocycles. The first-order valence-electron chi connectivity index (χ1n) is 10.5. The molecular formula is C21H33N3O3S. The van der Waals surface area contributed by atoms with E-state index >= 15 is 0 Å². The summed E-state index contributed by atoms with van der Waals surface area (Å²) in [5.41, 5.74) is 1.21. The summed E-state index contributed by atoms with van der Waals surface area (Å²) >= 11 is 0. The molecule has 0 spiro atoms. The zero-order chi connectivity index (χ0) is 20.1. The molecule has 2 saturated heterocycles. The van der Waals surface area contributed by atoms with Gasteiger partial charge in [-0.2, -0.15) is 0 Å². The van der Waals surface area contributed by atoms with Crippen molar-refractivity contribution in [3.05, 3.63) is 29.8 Å². The summed E-state index contributed by atoms with van der Waals surface area (Å²) in [5, 5.41) is 2.98. The van der Waals surface area contributed by atoms with Crippen molar-refractivity contribution in [3.63, 3.8) is 0 Å². The Morgan fingerprint density at radius 1 is 1.11 bits per heavy atom. The van der Waals surface area contributed by atoms with Crippen LogP contribution in [0.2, 0.25) is 0 Å². The smallest absolute Gasteiger partial charge is 0.251 e. The molecule has 0 radical (unpaired) electrons. The number of nitrogens with zero attached hydrogens (tertiary/aromatic N) is 2. The first-order valence-corrected chi connectivity index (χ1v) is 12.1. The van der Waals surface area contributed by atoms with Crippen molar-refractivity contribution in [1.82, 2.24) is 10.2 Å². The van der Waals surface area contributed by atoms with Gasteiger partial charge in [0.1, 0.15) is 0 Å². The number of benzene rings is 1. The molecule has 28 heavy (non-hydrogen) atoms. The first kappa shape index (κ1) is 21.1. The molecule has 2 fully saturated rings. The van der Waals surface area contributed by atoms with Crippen LogP contribution in [0.5, 0.6) is 0 Å². The van der Waals surface area contributed by atoms with E-state index in [-0.39, 0.29) is 11.7 Å². The van der Waals surface area contributed by atoms with E-state index in [1.165, 1.54) is 10.7 Å². The topological polar surface area (TPSA) is 69.7 Å². The average Bonchev–Trinajstić information content (AvgIpc) is 2.64. The minimum atomic E-state index is -3.22. The molecule has 0 aromatic heterocycles. The maximum absolute atomic E-state index is 12.4. The molecule has 0 bridgehead atoms. The predicted molar refractivity (Wildman–Crippen MR) is 113 cm³/mol. The number of anilines is 1. The maximum Gasteiger partial charge on any atom is 0.251 e. The fourth-order valence-electron chi connectivity index (χ4n) is 4.44. The Morgan fingerprint density at radius 3 is 2.43 bits per heavy atom. The minimum absolute atomic E-state index is 0.103. The Morgan fingerprint density at radius 2 is 1.79 bits per heavy atom. The van der Waals surface area contributed by atoms with E-state index in [9.17, 15) is 13.2 Å². The van der Waals surface area contributed by atoms with Gasteiger partial charge in [0, 0.05) is 31.7 Å². The Hall–Kier alpha value is -1.60. The second kappa shape index (κ2) is 9.27. The number of carbonyl (C=O) groups is 1. The second-order valence-corrected chi connectivity index (χ2v) is 10.5. The van der Waals surface area contributed by atoms with Crippen LogP contribution in [-0.4, -0.2) is 57.7 Å². The number of rotatable bonds is 6. The largest absolute Gasteiger partial charge is 0.352 e. The molecule has 2 aliphatic heterocycles. The summed E-state index contributed by atoms with van der Waals surface area (Å²) in [4.78, 5) is 14.9. The van der Waals surface area contributed by atoms with Crippen LogP contribution in [0.4, 0.5) is 5.69 Å². The van der Waals surface area contributed by atoms with Gasteiger partial charge in [-0.1, -0.05) is 13.8 Å². The summed E-state index contributed by atoms with van der Waals surface area (Å²) in [7, 11) is -3.22. The van der Waals surface area contributed by atoms with E-state index in [0.717, 1.165) is 44.3 Å². The van der Waals surface area contributed by atoms with Gasteiger partial charge in [0.25, 0.3) is 5.91 Å². The number of likely N-dealkylation sites (tertiary alicyclic amines) is 1. The van der Waals surface area contributed by atoms with Gasteiger partial charge in [0.2, 0.25) is 10.0 Å². The van der Waals surface area contributed by atoms with E-state index in [2.05, 4.69) is 24.1 Å². The molecule has 156 valence electrons. The number of amides is 1. The summed E-state index contributed by atoms with van der Waals surface area (Å²) in [6, 6.07) is 6.88. The van der Waals surface area contributed by atoms with Crippen LogP contribution in [0, 0.1) is 11.8 Å². The van der Waals surface area contributed by atoms with Crippen molar-refractivity contribution in [1.29, 1.82) is 0 Å². The third-order valence-electron chi connectivity index (χ3n) is 5.65. The van der Waals surface area contributed by atoms with Gasteiger partial charge in [-0.15, -0.1) is 0 Å². The van der Waals surface area contributed by atoms with Gasteiger partial charge in [-0.3, -0.25) is 9.10 Å². The molecule has 2 heterocycles. The normalized spacial score (nSPS) is 25.4. The van der Waals surface area contributed by atoms with Crippen molar-refractivity contribution in [3.8, 4) is 0 Å². The quantitative estimate of drug-likeness (QED) is 0.736. The van der Waals surface area contributed by atoms with E-state index < -0.39 is 10.0 Å². The van der Waals surface area contributed by atoms with Crippen molar-refractivity contribution < 1.29 is 13.2 Å². The molecule has 7 heteroatoms. The minimum Gasteiger partial charge on any atom is -0.352 e.